The second kappa shape index (κ2) is 6.80. The lowest BCUT2D eigenvalue weighted by Gasteiger charge is -2.07. The van der Waals surface area contributed by atoms with Crippen LogP contribution < -0.4 is 5.73 Å². The van der Waals surface area contributed by atoms with Gasteiger partial charge in [0, 0.05) is 16.6 Å². The first-order valence-corrected chi connectivity index (χ1v) is 6.78. The van der Waals surface area contributed by atoms with Crippen molar-refractivity contribution in [3.05, 3.63) is 69.4 Å². The van der Waals surface area contributed by atoms with Gasteiger partial charge >= 0.3 is 0 Å². The van der Waals surface area contributed by atoms with Crippen LogP contribution in [0.2, 0.25) is 0 Å². The van der Waals surface area contributed by atoms with Crippen LogP contribution in [0, 0.1) is 5.82 Å². The highest BCUT2D eigenvalue weighted by Gasteiger charge is 2.03. The normalized spacial score (nSPS) is 10.7. The molecule has 0 saturated carbocycles. The van der Waals surface area contributed by atoms with Gasteiger partial charge in [-0.2, -0.15) is 0 Å². The van der Waals surface area contributed by atoms with Gasteiger partial charge in [-0.05, 0) is 29.3 Å². The summed E-state index contributed by atoms with van der Waals surface area (Å²) in [5.74, 6) is -0.266. The zero-order valence-electron chi connectivity index (χ0n) is 10.4. The van der Waals surface area contributed by atoms with Crippen LogP contribution in [-0.4, -0.2) is 0 Å². The molecule has 0 fully saturated rings. The predicted octanol–water partition coefficient (Wildman–Crippen LogP) is 3.76. The number of hydrogen-bond acceptors (Lipinski definition) is 2. The Morgan fingerprint density at radius 1 is 1.05 bits per heavy atom. The number of rotatable bonds is 5. The fourth-order valence-corrected chi connectivity index (χ4v) is 2.19. The van der Waals surface area contributed by atoms with Crippen LogP contribution >= 0.6 is 15.9 Å². The van der Waals surface area contributed by atoms with Crippen molar-refractivity contribution in [2.75, 3.05) is 0 Å². The molecule has 100 valence electrons. The average Bonchev–Trinajstić information content (AvgIpc) is 2.40. The van der Waals surface area contributed by atoms with E-state index in [2.05, 4.69) is 15.9 Å². The molecule has 0 heterocycles. The summed E-state index contributed by atoms with van der Waals surface area (Å²) in [5.41, 5.74) is 7.84. The van der Waals surface area contributed by atoms with E-state index < -0.39 is 0 Å². The van der Waals surface area contributed by atoms with Crippen LogP contribution in [0.1, 0.15) is 16.7 Å². The molecule has 2 nitrogen and oxygen atoms in total. The second-order valence-electron chi connectivity index (χ2n) is 4.25. The summed E-state index contributed by atoms with van der Waals surface area (Å²) in [6, 6.07) is 12.8. The fraction of sp³-hybridized carbons (Fsp3) is 0.200. The van der Waals surface area contributed by atoms with Gasteiger partial charge in [-0.25, -0.2) is 4.39 Å². The highest BCUT2D eigenvalue weighted by molar-refractivity contribution is 9.10. The molecule has 2 aromatic rings. The maximum atomic E-state index is 13.7. The van der Waals surface area contributed by atoms with E-state index in [4.69, 9.17) is 10.5 Å². The maximum absolute atomic E-state index is 13.7. The molecule has 19 heavy (non-hydrogen) atoms. The Balaban J connectivity index is 1.92. The molecule has 2 N–H and O–H groups in total. The molecule has 4 heteroatoms. The second-order valence-corrected chi connectivity index (χ2v) is 5.17. The molecule has 0 aliphatic rings. The minimum atomic E-state index is -0.266. The van der Waals surface area contributed by atoms with Crippen LogP contribution in [0.15, 0.2) is 46.9 Å². The van der Waals surface area contributed by atoms with Crippen molar-refractivity contribution < 1.29 is 9.13 Å². The molecular weight excluding hydrogens is 309 g/mol. The Bertz CT molecular complexity index is 560. The number of halogens is 2. The van der Waals surface area contributed by atoms with Crippen molar-refractivity contribution in [1.29, 1.82) is 0 Å². The fourth-order valence-electron chi connectivity index (χ4n) is 1.74. The average molecular weight is 324 g/mol. The highest BCUT2D eigenvalue weighted by Crippen LogP contribution is 2.15. The summed E-state index contributed by atoms with van der Waals surface area (Å²) < 4.78 is 20.2. The van der Waals surface area contributed by atoms with Crippen molar-refractivity contribution in [2.24, 2.45) is 5.73 Å². The van der Waals surface area contributed by atoms with E-state index >= 15 is 0 Å². The van der Waals surface area contributed by atoms with Crippen molar-refractivity contribution in [1.82, 2.24) is 0 Å². The van der Waals surface area contributed by atoms with Gasteiger partial charge in [-0.3, -0.25) is 0 Å². The molecule has 2 aromatic carbocycles. The summed E-state index contributed by atoms with van der Waals surface area (Å²) in [5, 5.41) is 0. The highest BCUT2D eigenvalue weighted by atomic mass is 79.9. The molecular formula is C15H15BrFNO. The van der Waals surface area contributed by atoms with Gasteiger partial charge in [0.1, 0.15) is 5.82 Å². The standard InChI is InChI=1S/C15H15BrFNO/c16-14-3-1-2-12(6-14)9-19-10-13-5-4-11(8-18)7-15(13)17/h1-7H,8-10,18H2. The van der Waals surface area contributed by atoms with Crippen LogP contribution in [0.3, 0.4) is 0 Å². The molecule has 0 aromatic heterocycles. The molecule has 0 amide bonds. The first kappa shape index (κ1) is 14.2. The molecule has 0 unspecified atom stereocenters. The molecule has 0 aliphatic heterocycles. The van der Waals surface area contributed by atoms with Gasteiger partial charge in [-0.1, -0.05) is 40.2 Å². The topological polar surface area (TPSA) is 35.2 Å². The Morgan fingerprint density at radius 2 is 1.89 bits per heavy atom. The molecule has 0 saturated heterocycles. The number of benzene rings is 2. The summed E-state index contributed by atoms with van der Waals surface area (Å²) in [6.45, 7) is 1.05. The first-order chi connectivity index (χ1) is 9.19. The Kier molecular flexibility index (Phi) is 5.07. The lowest BCUT2D eigenvalue weighted by Crippen LogP contribution is -2.01. The van der Waals surface area contributed by atoms with Crippen LogP contribution in [0.25, 0.3) is 0 Å². The molecule has 0 spiro atoms. The number of hydrogen-bond donors (Lipinski definition) is 1. The van der Waals surface area contributed by atoms with Gasteiger partial charge in [0.05, 0.1) is 13.2 Å². The summed E-state index contributed by atoms with van der Waals surface area (Å²) >= 11 is 3.40. The van der Waals surface area contributed by atoms with Gasteiger partial charge in [0.25, 0.3) is 0 Å². The molecule has 0 radical (unpaired) electrons. The third-order valence-corrected chi connectivity index (χ3v) is 3.26. The Labute approximate surface area is 120 Å². The Hall–Kier alpha value is -1.23. The van der Waals surface area contributed by atoms with Crippen molar-refractivity contribution in [3.63, 3.8) is 0 Å². The summed E-state index contributed by atoms with van der Waals surface area (Å²) in [6.07, 6.45) is 0. The Morgan fingerprint density at radius 3 is 2.58 bits per heavy atom. The van der Waals surface area contributed by atoms with Crippen molar-refractivity contribution in [2.45, 2.75) is 19.8 Å². The van der Waals surface area contributed by atoms with E-state index in [1.54, 1.807) is 6.07 Å². The molecule has 0 bridgehead atoms. The minimum Gasteiger partial charge on any atom is -0.372 e. The van der Waals surface area contributed by atoms with E-state index in [9.17, 15) is 4.39 Å². The van der Waals surface area contributed by atoms with E-state index in [0.29, 0.717) is 18.7 Å². The number of ether oxygens (including phenoxy) is 1. The van der Waals surface area contributed by atoms with Gasteiger partial charge in [-0.15, -0.1) is 0 Å². The quantitative estimate of drug-likeness (QED) is 0.909. The number of nitrogens with two attached hydrogens (primary N) is 1. The van der Waals surface area contributed by atoms with Gasteiger partial charge < -0.3 is 10.5 Å². The van der Waals surface area contributed by atoms with Crippen LogP contribution in [0.4, 0.5) is 4.39 Å². The maximum Gasteiger partial charge on any atom is 0.129 e. The lowest BCUT2D eigenvalue weighted by atomic mass is 10.1. The summed E-state index contributed by atoms with van der Waals surface area (Å²) in [4.78, 5) is 0. The molecule has 0 atom stereocenters. The largest absolute Gasteiger partial charge is 0.372 e. The van der Waals surface area contributed by atoms with Crippen LogP contribution in [-0.2, 0) is 24.5 Å². The van der Waals surface area contributed by atoms with Crippen molar-refractivity contribution >= 4 is 15.9 Å². The van der Waals surface area contributed by atoms with Gasteiger partial charge in [0.15, 0.2) is 0 Å². The SMILES string of the molecule is NCc1ccc(COCc2cccc(Br)c2)c(F)c1. The smallest absolute Gasteiger partial charge is 0.129 e. The monoisotopic (exact) mass is 323 g/mol. The van der Waals surface area contributed by atoms with E-state index in [0.717, 1.165) is 15.6 Å². The van der Waals surface area contributed by atoms with E-state index in [1.807, 2.05) is 30.3 Å². The first-order valence-electron chi connectivity index (χ1n) is 5.98. The van der Waals surface area contributed by atoms with Gasteiger partial charge in [0.2, 0.25) is 0 Å². The molecule has 0 aliphatic carbocycles. The van der Waals surface area contributed by atoms with E-state index in [-0.39, 0.29) is 12.4 Å². The zero-order chi connectivity index (χ0) is 13.7. The van der Waals surface area contributed by atoms with Crippen molar-refractivity contribution in [3.8, 4) is 0 Å². The minimum absolute atomic E-state index is 0.253. The third kappa shape index (κ3) is 4.13. The predicted molar refractivity (Wildman–Crippen MR) is 76.9 cm³/mol. The third-order valence-electron chi connectivity index (χ3n) is 2.77. The molecule has 2 rings (SSSR count). The zero-order valence-corrected chi connectivity index (χ0v) is 12.0. The van der Waals surface area contributed by atoms with E-state index in [1.165, 1.54) is 6.07 Å². The summed E-state index contributed by atoms with van der Waals surface area (Å²) in [7, 11) is 0. The van der Waals surface area contributed by atoms with Crippen LogP contribution in [0.5, 0.6) is 0 Å². The lowest BCUT2D eigenvalue weighted by molar-refractivity contribution is 0.105.